The Morgan fingerprint density at radius 2 is 1.57 bits per heavy atom. The number of piperidine rings is 1. The summed E-state index contributed by atoms with van der Waals surface area (Å²) >= 11 is 0. The Hall–Kier alpha value is -3.86. The Balaban J connectivity index is 1.57. The van der Waals surface area contributed by atoms with Crippen molar-refractivity contribution in [1.82, 2.24) is 5.32 Å². The zero-order valence-corrected chi connectivity index (χ0v) is 20.2. The molecule has 1 fully saturated rings. The lowest BCUT2D eigenvalue weighted by molar-refractivity contribution is -0.119. The van der Waals surface area contributed by atoms with E-state index in [0.29, 0.717) is 12.2 Å². The summed E-state index contributed by atoms with van der Waals surface area (Å²) in [4.78, 5) is 27.5. The van der Waals surface area contributed by atoms with Gasteiger partial charge in [-0.25, -0.2) is 4.79 Å². The van der Waals surface area contributed by atoms with E-state index in [4.69, 9.17) is 4.74 Å². The SMILES string of the molecule is CCOC(=O)c1ccc(CC(=O)NC(=Cc2ccccc2)c2ccccc2N2CCCCC2)cc1. The number of hydrogen-bond donors (Lipinski definition) is 1. The molecular formula is C30H32N2O3. The maximum atomic E-state index is 13.1. The topological polar surface area (TPSA) is 58.6 Å². The average molecular weight is 469 g/mol. The van der Waals surface area contributed by atoms with Crippen molar-refractivity contribution in [3.05, 3.63) is 101 Å². The van der Waals surface area contributed by atoms with Crippen molar-refractivity contribution < 1.29 is 14.3 Å². The second-order valence-corrected chi connectivity index (χ2v) is 8.68. The van der Waals surface area contributed by atoms with Crippen LogP contribution in [0.1, 0.15) is 53.2 Å². The van der Waals surface area contributed by atoms with E-state index in [1.807, 2.05) is 42.5 Å². The first kappa shape index (κ1) is 24.3. The first-order valence-corrected chi connectivity index (χ1v) is 12.3. The smallest absolute Gasteiger partial charge is 0.338 e. The van der Waals surface area contributed by atoms with Crippen LogP contribution in [-0.4, -0.2) is 31.6 Å². The normalized spacial score (nSPS) is 13.9. The number of benzene rings is 3. The molecule has 4 rings (SSSR count). The minimum absolute atomic E-state index is 0.107. The lowest BCUT2D eigenvalue weighted by atomic mass is 10.0. The van der Waals surface area contributed by atoms with E-state index in [1.54, 1.807) is 31.2 Å². The molecule has 0 saturated carbocycles. The third kappa shape index (κ3) is 6.60. The zero-order chi connectivity index (χ0) is 24.5. The van der Waals surface area contributed by atoms with Crippen LogP contribution in [-0.2, 0) is 16.0 Å². The quantitative estimate of drug-likeness (QED) is 0.340. The molecule has 0 unspecified atom stereocenters. The molecule has 0 radical (unpaired) electrons. The van der Waals surface area contributed by atoms with Crippen LogP contribution in [0.25, 0.3) is 11.8 Å². The number of nitrogens with one attached hydrogen (secondary N) is 1. The van der Waals surface area contributed by atoms with Gasteiger partial charge in [-0.05, 0) is 61.6 Å². The molecular weight excluding hydrogens is 436 g/mol. The van der Waals surface area contributed by atoms with Crippen molar-refractivity contribution in [3.63, 3.8) is 0 Å². The molecule has 1 amide bonds. The van der Waals surface area contributed by atoms with Gasteiger partial charge < -0.3 is 15.0 Å². The molecule has 1 saturated heterocycles. The molecule has 5 heteroatoms. The second kappa shape index (κ2) is 12.0. The zero-order valence-electron chi connectivity index (χ0n) is 20.2. The summed E-state index contributed by atoms with van der Waals surface area (Å²) in [5.74, 6) is -0.463. The van der Waals surface area contributed by atoms with Crippen molar-refractivity contribution in [2.24, 2.45) is 0 Å². The fraction of sp³-hybridized carbons (Fsp3) is 0.267. The standard InChI is InChI=1S/C30H32N2O3/c1-2-35-30(34)25-17-15-24(16-18-25)22-29(33)31-27(21-23-11-5-3-6-12-23)26-13-7-8-14-28(26)32-19-9-4-10-20-32/h3,5-8,11-18,21H,2,4,9-10,19-20,22H2,1H3,(H,31,33). The van der Waals surface area contributed by atoms with Crippen molar-refractivity contribution >= 4 is 29.3 Å². The van der Waals surface area contributed by atoms with Gasteiger partial charge >= 0.3 is 5.97 Å². The van der Waals surface area contributed by atoms with Gasteiger partial charge in [0, 0.05) is 24.3 Å². The second-order valence-electron chi connectivity index (χ2n) is 8.68. The Morgan fingerprint density at radius 1 is 0.886 bits per heavy atom. The van der Waals surface area contributed by atoms with E-state index in [1.165, 1.54) is 19.3 Å². The maximum absolute atomic E-state index is 13.1. The molecule has 0 bridgehead atoms. The Labute approximate surface area is 207 Å². The highest BCUT2D eigenvalue weighted by Gasteiger charge is 2.18. The monoisotopic (exact) mass is 468 g/mol. The summed E-state index contributed by atoms with van der Waals surface area (Å²) in [6, 6.07) is 25.3. The van der Waals surface area contributed by atoms with Crippen LogP contribution in [0, 0.1) is 0 Å². The first-order valence-electron chi connectivity index (χ1n) is 12.3. The van der Waals surface area contributed by atoms with Crippen LogP contribution in [0.3, 0.4) is 0 Å². The van der Waals surface area contributed by atoms with Gasteiger partial charge in [0.25, 0.3) is 0 Å². The molecule has 1 N–H and O–H groups in total. The van der Waals surface area contributed by atoms with Crippen molar-refractivity contribution in [2.45, 2.75) is 32.6 Å². The molecule has 180 valence electrons. The summed E-state index contributed by atoms with van der Waals surface area (Å²) in [5.41, 5.74) is 5.29. The third-order valence-corrected chi connectivity index (χ3v) is 6.11. The number of carbonyl (C=O) groups excluding carboxylic acids is 2. The number of carbonyl (C=O) groups is 2. The van der Waals surface area contributed by atoms with Crippen LogP contribution in [0.2, 0.25) is 0 Å². The molecule has 1 aliphatic heterocycles. The predicted octanol–water partition coefficient (Wildman–Crippen LogP) is 5.71. The van der Waals surface area contributed by atoms with E-state index < -0.39 is 0 Å². The van der Waals surface area contributed by atoms with Crippen LogP contribution < -0.4 is 10.2 Å². The fourth-order valence-electron chi connectivity index (χ4n) is 4.36. The number of anilines is 1. The number of esters is 1. The van der Waals surface area contributed by atoms with Crippen LogP contribution >= 0.6 is 0 Å². The summed E-state index contributed by atoms with van der Waals surface area (Å²) in [7, 11) is 0. The van der Waals surface area contributed by atoms with Crippen LogP contribution in [0.4, 0.5) is 5.69 Å². The van der Waals surface area contributed by atoms with Crippen molar-refractivity contribution in [3.8, 4) is 0 Å². The Kier molecular flexibility index (Phi) is 8.34. The minimum atomic E-state index is -0.356. The predicted molar refractivity (Wildman–Crippen MR) is 141 cm³/mol. The van der Waals surface area contributed by atoms with Crippen LogP contribution in [0.15, 0.2) is 78.9 Å². The summed E-state index contributed by atoms with van der Waals surface area (Å²) in [5, 5.41) is 3.17. The van der Waals surface area contributed by atoms with Crippen molar-refractivity contribution in [2.75, 3.05) is 24.6 Å². The molecule has 1 aliphatic rings. The lowest BCUT2D eigenvalue weighted by Gasteiger charge is -2.31. The highest BCUT2D eigenvalue weighted by molar-refractivity contribution is 5.96. The van der Waals surface area contributed by atoms with Gasteiger partial charge in [-0.3, -0.25) is 4.79 Å². The lowest BCUT2D eigenvalue weighted by Crippen LogP contribution is -2.31. The molecule has 3 aromatic carbocycles. The number of para-hydroxylation sites is 1. The molecule has 0 atom stereocenters. The first-order chi connectivity index (χ1) is 17.1. The van der Waals surface area contributed by atoms with Gasteiger partial charge in [0.05, 0.1) is 24.3 Å². The number of ether oxygens (including phenoxy) is 1. The van der Waals surface area contributed by atoms with E-state index in [9.17, 15) is 9.59 Å². The number of nitrogens with zero attached hydrogens (tertiary/aromatic N) is 1. The Morgan fingerprint density at radius 3 is 2.29 bits per heavy atom. The van der Waals surface area contributed by atoms with Gasteiger partial charge in [0.2, 0.25) is 5.91 Å². The molecule has 0 aromatic heterocycles. The van der Waals surface area contributed by atoms with Crippen LogP contribution in [0.5, 0.6) is 0 Å². The van der Waals surface area contributed by atoms with Gasteiger partial charge in [0.1, 0.15) is 0 Å². The molecule has 35 heavy (non-hydrogen) atoms. The Bertz CT molecular complexity index is 1160. The van der Waals surface area contributed by atoms with E-state index in [2.05, 4.69) is 28.4 Å². The summed E-state index contributed by atoms with van der Waals surface area (Å²) in [6.07, 6.45) is 5.86. The largest absolute Gasteiger partial charge is 0.462 e. The maximum Gasteiger partial charge on any atom is 0.338 e. The highest BCUT2D eigenvalue weighted by Crippen LogP contribution is 2.29. The molecule has 3 aromatic rings. The van der Waals surface area contributed by atoms with E-state index >= 15 is 0 Å². The molecule has 1 heterocycles. The van der Waals surface area contributed by atoms with E-state index in [0.717, 1.165) is 41.2 Å². The third-order valence-electron chi connectivity index (χ3n) is 6.11. The van der Waals surface area contributed by atoms with Gasteiger partial charge in [-0.2, -0.15) is 0 Å². The summed E-state index contributed by atoms with van der Waals surface area (Å²) in [6.45, 7) is 4.16. The molecule has 0 aliphatic carbocycles. The van der Waals surface area contributed by atoms with E-state index in [-0.39, 0.29) is 18.3 Å². The van der Waals surface area contributed by atoms with Crippen molar-refractivity contribution in [1.29, 1.82) is 0 Å². The number of amides is 1. The summed E-state index contributed by atoms with van der Waals surface area (Å²) < 4.78 is 5.04. The van der Waals surface area contributed by atoms with Gasteiger partial charge in [0.15, 0.2) is 0 Å². The molecule has 5 nitrogen and oxygen atoms in total. The minimum Gasteiger partial charge on any atom is -0.462 e. The number of hydrogen-bond acceptors (Lipinski definition) is 4. The van der Waals surface area contributed by atoms with Gasteiger partial charge in [-0.1, -0.05) is 60.7 Å². The number of rotatable bonds is 8. The van der Waals surface area contributed by atoms with Gasteiger partial charge in [-0.15, -0.1) is 0 Å². The molecule has 0 spiro atoms. The average Bonchev–Trinajstić information content (AvgIpc) is 2.90. The highest BCUT2D eigenvalue weighted by atomic mass is 16.5. The fourth-order valence-corrected chi connectivity index (χ4v) is 4.36.